The van der Waals surface area contributed by atoms with E-state index in [4.69, 9.17) is 5.73 Å². The minimum atomic E-state index is 0.481. The van der Waals surface area contributed by atoms with Gasteiger partial charge in [-0.15, -0.1) is 0 Å². The van der Waals surface area contributed by atoms with E-state index in [1.165, 1.54) is 0 Å². The van der Waals surface area contributed by atoms with Gasteiger partial charge in [0.25, 0.3) is 0 Å². The van der Waals surface area contributed by atoms with Crippen LogP contribution in [0.3, 0.4) is 0 Å². The lowest BCUT2D eigenvalue weighted by atomic mass is 10.2. The fourth-order valence-corrected chi connectivity index (χ4v) is 0.131. The van der Waals surface area contributed by atoms with Gasteiger partial charge >= 0.3 is 0 Å². The monoisotopic (exact) mass is 95.1 g/mol. The average Bonchev–Trinajstić information content (AvgIpc) is 1.65. The molecule has 0 aliphatic carbocycles. The van der Waals surface area contributed by atoms with Crippen molar-refractivity contribution in [1.29, 1.82) is 0 Å². The van der Waals surface area contributed by atoms with Gasteiger partial charge in [0.05, 0.1) is 0 Å². The summed E-state index contributed by atoms with van der Waals surface area (Å²) >= 11 is 0. The Bertz CT molecular complexity index is 111. The molecule has 0 bridgehead atoms. The SMILES string of the molecule is C=CC(=C)C(=C)N. The smallest absolute Gasteiger partial charge is 0.0308 e. The molecule has 0 atom stereocenters. The zero-order valence-corrected chi connectivity index (χ0v) is 4.28. The van der Waals surface area contributed by atoms with Gasteiger partial charge in [0.2, 0.25) is 0 Å². The molecule has 0 aromatic carbocycles. The highest BCUT2D eigenvalue weighted by Gasteiger charge is 1.81. The van der Waals surface area contributed by atoms with Gasteiger partial charge in [-0.1, -0.05) is 25.8 Å². The predicted molar refractivity (Wildman–Crippen MR) is 32.7 cm³/mol. The Hall–Kier alpha value is -0.980. The summed E-state index contributed by atoms with van der Waals surface area (Å²) < 4.78 is 0. The molecule has 0 aliphatic heterocycles. The molecule has 1 heteroatoms. The van der Waals surface area contributed by atoms with Crippen molar-refractivity contribution in [3.05, 3.63) is 37.1 Å². The molecule has 38 valence electrons. The van der Waals surface area contributed by atoms with Crippen LogP contribution in [0.5, 0.6) is 0 Å². The van der Waals surface area contributed by atoms with Crippen molar-refractivity contribution in [1.82, 2.24) is 0 Å². The summed E-state index contributed by atoms with van der Waals surface area (Å²) in [6, 6.07) is 0. The number of allylic oxidation sites excluding steroid dienone is 1. The van der Waals surface area contributed by atoms with Gasteiger partial charge < -0.3 is 5.73 Å². The third-order valence-corrected chi connectivity index (χ3v) is 0.659. The molecule has 7 heavy (non-hydrogen) atoms. The highest BCUT2D eigenvalue weighted by Crippen LogP contribution is 1.95. The summed E-state index contributed by atoms with van der Waals surface area (Å²) in [5.74, 6) is 0. The molecule has 0 unspecified atom stereocenters. The molecule has 0 radical (unpaired) electrons. The van der Waals surface area contributed by atoms with Crippen LogP contribution < -0.4 is 5.73 Å². The van der Waals surface area contributed by atoms with E-state index < -0.39 is 0 Å². The predicted octanol–water partition coefficient (Wildman–Crippen LogP) is 1.20. The quantitative estimate of drug-likeness (QED) is 0.512. The third kappa shape index (κ3) is 1.82. The summed E-state index contributed by atoms with van der Waals surface area (Å²) in [5, 5.41) is 0. The average molecular weight is 95.1 g/mol. The lowest BCUT2D eigenvalue weighted by Crippen LogP contribution is -1.94. The van der Waals surface area contributed by atoms with Crippen LogP contribution in [-0.2, 0) is 0 Å². The Morgan fingerprint density at radius 3 is 1.86 bits per heavy atom. The maximum absolute atomic E-state index is 5.18. The van der Waals surface area contributed by atoms with E-state index in [9.17, 15) is 0 Å². The van der Waals surface area contributed by atoms with Crippen LogP contribution in [0.4, 0.5) is 0 Å². The summed E-state index contributed by atoms with van der Waals surface area (Å²) in [7, 11) is 0. The topological polar surface area (TPSA) is 26.0 Å². The molecule has 0 amide bonds. The lowest BCUT2D eigenvalue weighted by molar-refractivity contribution is 1.39. The van der Waals surface area contributed by atoms with E-state index in [0.29, 0.717) is 11.3 Å². The molecule has 0 saturated heterocycles. The highest BCUT2D eigenvalue weighted by atomic mass is 14.6. The van der Waals surface area contributed by atoms with Gasteiger partial charge in [0.15, 0.2) is 0 Å². The maximum atomic E-state index is 5.18. The second-order valence-corrected chi connectivity index (χ2v) is 1.25. The van der Waals surface area contributed by atoms with Crippen molar-refractivity contribution in [2.24, 2.45) is 5.73 Å². The van der Waals surface area contributed by atoms with E-state index in [1.807, 2.05) is 0 Å². The van der Waals surface area contributed by atoms with Crippen LogP contribution in [0.2, 0.25) is 0 Å². The maximum Gasteiger partial charge on any atom is 0.0308 e. The van der Waals surface area contributed by atoms with Crippen LogP contribution in [-0.4, -0.2) is 0 Å². The van der Waals surface area contributed by atoms with Crippen molar-refractivity contribution in [3.63, 3.8) is 0 Å². The normalized spacial score (nSPS) is 7.43. The van der Waals surface area contributed by atoms with Gasteiger partial charge in [0.1, 0.15) is 0 Å². The number of hydrogen-bond donors (Lipinski definition) is 1. The minimum absolute atomic E-state index is 0.481. The van der Waals surface area contributed by atoms with Crippen molar-refractivity contribution >= 4 is 0 Å². The van der Waals surface area contributed by atoms with Gasteiger partial charge in [-0.05, 0) is 5.57 Å². The van der Waals surface area contributed by atoms with Crippen LogP contribution in [0.15, 0.2) is 37.1 Å². The summed E-state index contributed by atoms with van der Waals surface area (Å²) in [4.78, 5) is 0. The van der Waals surface area contributed by atoms with Crippen LogP contribution in [0, 0.1) is 0 Å². The Balaban J connectivity index is 3.81. The van der Waals surface area contributed by atoms with Gasteiger partial charge in [-0.2, -0.15) is 0 Å². The molecule has 2 N–H and O–H groups in total. The largest absolute Gasteiger partial charge is 0.399 e. The van der Waals surface area contributed by atoms with E-state index in [1.54, 1.807) is 6.08 Å². The Kier molecular flexibility index (Phi) is 1.93. The molecular formula is C6H9N. The standard InChI is InChI=1S/C6H9N/c1-4-5(2)6(3)7/h4H,1-3,7H2. The molecule has 0 fully saturated rings. The highest BCUT2D eigenvalue weighted by molar-refractivity contribution is 5.30. The zero-order valence-electron chi connectivity index (χ0n) is 4.28. The summed E-state index contributed by atoms with van der Waals surface area (Å²) in [6.07, 6.45) is 1.57. The van der Waals surface area contributed by atoms with Crippen LogP contribution in [0.1, 0.15) is 0 Å². The summed E-state index contributed by atoms with van der Waals surface area (Å²) in [5.41, 5.74) is 6.36. The molecule has 0 saturated carbocycles. The zero-order chi connectivity index (χ0) is 5.86. The second kappa shape index (κ2) is 2.24. The Morgan fingerprint density at radius 1 is 1.43 bits per heavy atom. The van der Waals surface area contributed by atoms with Crippen molar-refractivity contribution < 1.29 is 0 Å². The van der Waals surface area contributed by atoms with Crippen molar-refractivity contribution in [2.75, 3.05) is 0 Å². The third-order valence-electron chi connectivity index (χ3n) is 0.659. The summed E-state index contributed by atoms with van der Waals surface area (Å²) in [6.45, 7) is 10.4. The van der Waals surface area contributed by atoms with Gasteiger partial charge in [0, 0.05) is 5.70 Å². The fraction of sp³-hybridized carbons (Fsp3) is 0. The second-order valence-electron chi connectivity index (χ2n) is 1.25. The molecule has 1 nitrogen and oxygen atoms in total. The van der Waals surface area contributed by atoms with E-state index in [2.05, 4.69) is 19.7 Å². The molecule has 0 heterocycles. The minimum Gasteiger partial charge on any atom is -0.399 e. The van der Waals surface area contributed by atoms with E-state index in [0.717, 1.165) is 0 Å². The van der Waals surface area contributed by atoms with Crippen molar-refractivity contribution in [3.8, 4) is 0 Å². The first-order valence-electron chi connectivity index (χ1n) is 1.94. The molecule has 0 aromatic heterocycles. The number of hydrogen-bond acceptors (Lipinski definition) is 1. The van der Waals surface area contributed by atoms with Gasteiger partial charge in [-0.3, -0.25) is 0 Å². The fourth-order valence-electron chi connectivity index (χ4n) is 0.131. The molecule has 0 aliphatic rings. The van der Waals surface area contributed by atoms with Crippen molar-refractivity contribution in [2.45, 2.75) is 0 Å². The van der Waals surface area contributed by atoms with Gasteiger partial charge in [-0.25, -0.2) is 0 Å². The Morgan fingerprint density at radius 2 is 1.86 bits per heavy atom. The molecule has 0 rings (SSSR count). The first-order valence-corrected chi connectivity index (χ1v) is 1.94. The van der Waals surface area contributed by atoms with Crippen LogP contribution in [0.25, 0.3) is 0 Å². The Labute approximate surface area is 43.8 Å². The van der Waals surface area contributed by atoms with E-state index in [-0.39, 0.29) is 0 Å². The number of rotatable bonds is 2. The first-order chi connectivity index (χ1) is 3.18. The molecule has 0 aromatic rings. The lowest BCUT2D eigenvalue weighted by Gasteiger charge is -1.91. The molecular weight excluding hydrogens is 86.1 g/mol. The van der Waals surface area contributed by atoms with Crippen LogP contribution >= 0.6 is 0 Å². The van der Waals surface area contributed by atoms with E-state index >= 15 is 0 Å². The number of nitrogens with two attached hydrogens (primary N) is 1. The first kappa shape index (κ1) is 6.02. The molecule has 0 spiro atoms.